The van der Waals surface area contributed by atoms with Crippen LogP contribution >= 0.6 is 0 Å². The van der Waals surface area contributed by atoms with Gasteiger partial charge in [0.05, 0.1) is 18.4 Å². The maximum atomic E-state index is 10.8. The number of carboxylic acid groups (broad SMARTS) is 2. The van der Waals surface area contributed by atoms with Crippen molar-refractivity contribution in [3.63, 3.8) is 0 Å². The summed E-state index contributed by atoms with van der Waals surface area (Å²) in [7, 11) is 0. The van der Waals surface area contributed by atoms with Crippen molar-refractivity contribution < 1.29 is 49.4 Å². The molecular formula is C24H46NNaO4. The fourth-order valence-electron chi connectivity index (χ4n) is 3.72. The van der Waals surface area contributed by atoms with Gasteiger partial charge in [-0.25, -0.2) is 0 Å². The molecule has 0 aromatic heterocycles. The van der Waals surface area contributed by atoms with Crippen LogP contribution in [0.4, 0.5) is 0 Å². The summed E-state index contributed by atoms with van der Waals surface area (Å²) >= 11 is 0. The van der Waals surface area contributed by atoms with Crippen molar-refractivity contribution in [2.24, 2.45) is 0 Å². The zero-order chi connectivity index (χ0) is 21.6. The van der Waals surface area contributed by atoms with Crippen molar-refractivity contribution >= 4 is 11.9 Å². The molecule has 172 valence electrons. The van der Waals surface area contributed by atoms with E-state index in [1.807, 2.05) is 0 Å². The van der Waals surface area contributed by atoms with E-state index >= 15 is 0 Å². The number of nitrogens with one attached hydrogen (secondary N) is 1. The van der Waals surface area contributed by atoms with E-state index in [2.05, 4.69) is 12.2 Å². The van der Waals surface area contributed by atoms with Crippen LogP contribution in [0.1, 0.15) is 129 Å². The van der Waals surface area contributed by atoms with Crippen LogP contribution in [0.15, 0.2) is 0 Å². The van der Waals surface area contributed by atoms with E-state index in [0.717, 1.165) is 19.3 Å². The third-order valence-corrected chi connectivity index (χ3v) is 5.58. The predicted octanol–water partition coefficient (Wildman–Crippen LogP) is 2.21. The second-order valence-electron chi connectivity index (χ2n) is 8.43. The summed E-state index contributed by atoms with van der Waals surface area (Å²) < 4.78 is 0. The van der Waals surface area contributed by atoms with Crippen LogP contribution in [0, 0.1) is 0 Å². The third kappa shape index (κ3) is 24.2. The Hall–Kier alpha value is -0.100. The first-order valence-corrected chi connectivity index (χ1v) is 12.2. The molecule has 0 aliphatic heterocycles. The minimum Gasteiger partial charge on any atom is -0.548 e. The van der Waals surface area contributed by atoms with Gasteiger partial charge >= 0.3 is 35.5 Å². The van der Waals surface area contributed by atoms with E-state index in [-0.39, 0.29) is 29.6 Å². The Bertz CT molecular complexity index is 393. The van der Waals surface area contributed by atoms with Crippen molar-refractivity contribution in [1.82, 2.24) is 5.32 Å². The van der Waals surface area contributed by atoms with E-state index in [1.54, 1.807) is 0 Å². The molecule has 0 unspecified atom stereocenters. The number of aliphatic carboxylic acids is 2. The second kappa shape index (κ2) is 25.2. The van der Waals surface area contributed by atoms with Crippen LogP contribution in [-0.4, -0.2) is 29.6 Å². The van der Waals surface area contributed by atoms with Gasteiger partial charge in [-0.1, -0.05) is 116 Å². The molecule has 2 N–H and O–H groups in total. The topological polar surface area (TPSA) is 89.5 Å². The Balaban J connectivity index is 0. The van der Waals surface area contributed by atoms with Gasteiger partial charge in [-0.05, 0) is 13.0 Å². The van der Waals surface area contributed by atoms with E-state index in [1.165, 1.54) is 96.3 Å². The SMILES string of the molecule is CCCCCCCCCCCCCCCCCCCCN[C@@H](CC(=O)O)C(=O)[O-].[Na+]. The molecule has 0 aromatic rings. The van der Waals surface area contributed by atoms with Crippen molar-refractivity contribution in [3.8, 4) is 0 Å². The molecule has 1 atom stereocenters. The third-order valence-electron chi connectivity index (χ3n) is 5.58. The molecule has 0 saturated carbocycles. The maximum Gasteiger partial charge on any atom is 1.00 e. The normalized spacial score (nSPS) is 11.8. The number of carbonyl (C=O) groups is 2. The summed E-state index contributed by atoms with van der Waals surface area (Å²) in [6.07, 6.45) is 23.3. The number of carboxylic acids is 2. The molecule has 0 saturated heterocycles. The van der Waals surface area contributed by atoms with E-state index in [4.69, 9.17) is 5.11 Å². The quantitative estimate of drug-likeness (QED) is 0.190. The Morgan fingerprint density at radius 2 is 1.03 bits per heavy atom. The molecule has 0 bridgehead atoms. The van der Waals surface area contributed by atoms with Crippen molar-refractivity contribution in [1.29, 1.82) is 0 Å². The number of hydrogen-bond donors (Lipinski definition) is 2. The van der Waals surface area contributed by atoms with Crippen LogP contribution in [0.3, 0.4) is 0 Å². The minimum absolute atomic E-state index is 0. The monoisotopic (exact) mass is 435 g/mol. The van der Waals surface area contributed by atoms with Crippen molar-refractivity contribution in [2.75, 3.05) is 6.54 Å². The van der Waals surface area contributed by atoms with Gasteiger partial charge in [0.2, 0.25) is 0 Å². The number of unbranched alkanes of at least 4 members (excludes halogenated alkanes) is 17. The largest absolute Gasteiger partial charge is 1.00 e. The summed E-state index contributed by atoms with van der Waals surface area (Å²) in [6.45, 7) is 2.80. The standard InChI is InChI=1S/C24H47NO4.Na/c1-2-3-4-5-6-7-8-9-10-11-12-13-14-15-16-17-18-19-20-25-22(24(28)29)21-23(26)27;/h22,25H,2-21H2,1H3,(H,26,27)(H,28,29);/q;+1/p-1/t22-;/m0./s1. The van der Waals surface area contributed by atoms with Crippen LogP contribution in [-0.2, 0) is 9.59 Å². The molecule has 0 aromatic carbocycles. The van der Waals surface area contributed by atoms with Gasteiger partial charge in [0.1, 0.15) is 0 Å². The maximum absolute atomic E-state index is 10.8. The molecule has 0 aliphatic carbocycles. The fourth-order valence-corrected chi connectivity index (χ4v) is 3.72. The summed E-state index contributed by atoms with van der Waals surface area (Å²) in [5.74, 6) is -2.46. The molecular weight excluding hydrogens is 389 g/mol. The van der Waals surface area contributed by atoms with Gasteiger partial charge in [0, 0.05) is 0 Å². The number of hydrogen-bond acceptors (Lipinski definition) is 4. The molecule has 0 fully saturated rings. The summed E-state index contributed by atoms with van der Waals surface area (Å²) in [4.78, 5) is 21.4. The Kier molecular flexibility index (Phi) is 26.9. The van der Waals surface area contributed by atoms with Gasteiger partial charge in [-0.2, -0.15) is 0 Å². The minimum atomic E-state index is -1.34. The average molecular weight is 436 g/mol. The Morgan fingerprint density at radius 1 is 0.700 bits per heavy atom. The fraction of sp³-hybridized carbons (Fsp3) is 0.917. The van der Waals surface area contributed by atoms with Gasteiger partial charge in [0.15, 0.2) is 0 Å². The van der Waals surface area contributed by atoms with Crippen LogP contribution in [0.2, 0.25) is 0 Å². The molecule has 0 rings (SSSR count). The number of rotatable bonds is 23. The predicted molar refractivity (Wildman–Crippen MR) is 118 cm³/mol. The number of carbonyl (C=O) groups excluding carboxylic acids is 1. The van der Waals surface area contributed by atoms with Crippen molar-refractivity contribution in [2.45, 2.75) is 135 Å². The van der Waals surface area contributed by atoms with Gasteiger partial charge in [-0.3, -0.25) is 4.79 Å². The average Bonchev–Trinajstić information content (AvgIpc) is 2.68. The molecule has 6 heteroatoms. The summed E-state index contributed by atoms with van der Waals surface area (Å²) in [5.41, 5.74) is 0. The molecule has 0 heterocycles. The first-order chi connectivity index (χ1) is 14.1. The smallest absolute Gasteiger partial charge is 0.548 e. The zero-order valence-electron chi connectivity index (χ0n) is 19.9. The Labute approximate surface area is 207 Å². The molecule has 0 radical (unpaired) electrons. The second-order valence-corrected chi connectivity index (χ2v) is 8.43. The van der Waals surface area contributed by atoms with Crippen LogP contribution in [0.5, 0.6) is 0 Å². The van der Waals surface area contributed by atoms with Gasteiger partial charge in [0.25, 0.3) is 0 Å². The molecule has 0 aliphatic rings. The van der Waals surface area contributed by atoms with Crippen molar-refractivity contribution in [3.05, 3.63) is 0 Å². The molecule has 0 spiro atoms. The first kappa shape index (κ1) is 32.1. The van der Waals surface area contributed by atoms with Gasteiger partial charge in [-0.15, -0.1) is 0 Å². The summed E-state index contributed by atoms with van der Waals surface area (Å²) in [6, 6.07) is -1.08. The first-order valence-electron chi connectivity index (χ1n) is 12.2. The Morgan fingerprint density at radius 3 is 1.33 bits per heavy atom. The molecule has 30 heavy (non-hydrogen) atoms. The van der Waals surface area contributed by atoms with Crippen LogP contribution < -0.4 is 40.0 Å². The van der Waals surface area contributed by atoms with Crippen LogP contribution in [0.25, 0.3) is 0 Å². The molecule has 0 amide bonds. The summed E-state index contributed by atoms with van der Waals surface area (Å²) in [5, 5.41) is 22.2. The van der Waals surface area contributed by atoms with E-state index < -0.39 is 24.4 Å². The van der Waals surface area contributed by atoms with E-state index in [9.17, 15) is 14.7 Å². The van der Waals surface area contributed by atoms with Gasteiger partial charge < -0.3 is 20.3 Å². The molecule has 5 nitrogen and oxygen atoms in total. The van der Waals surface area contributed by atoms with E-state index in [0.29, 0.717) is 6.54 Å². The zero-order valence-corrected chi connectivity index (χ0v) is 21.9.